The summed E-state index contributed by atoms with van der Waals surface area (Å²) < 4.78 is 0. The summed E-state index contributed by atoms with van der Waals surface area (Å²) in [5.74, 6) is 1.15. The Morgan fingerprint density at radius 2 is 1.75 bits per heavy atom. The van der Waals surface area contributed by atoms with Gasteiger partial charge in [0, 0.05) is 18.1 Å². The van der Waals surface area contributed by atoms with E-state index in [1.165, 1.54) is 0 Å². The molecule has 0 atom stereocenters. The smallest absolute Gasteiger partial charge is 0.0496 e. The summed E-state index contributed by atoms with van der Waals surface area (Å²) in [5.41, 5.74) is 0. The molecule has 0 saturated carbocycles. The van der Waals surface area contributed by atoms with Gasteiger partial charge in [-0.05, 0) is 17.5 Å². The van der Waals surface area contributed by atoms with E-state index in [1.807, 2.05) is 30.0 Å². The monoisotopic (exact) mass is 178 g/mol. The minimum Gasteiger partial charge on any atom is -0.159 e. The molecule has 0 unspecified atom stereocenters. The van der Waals surface area contributed by atoms with Gasteiger partial charge in [-0.15, -0.1) is 11.8 Å². The summed E-state index contributed by atoms with van der Waals surface area (Å²) in [7, 11) is 0. The van der Waals surface area contributed by atoms with Gasteiger partial charge in [0.15, 0.2) is 0 Å². The first-order valence-corrected chi connectivity index (χ1v) is 4.70. The van der Waals surface area contributed by atoms with E-state index < -0.39 is 0 Å². The summed E-state index contributed by atoms with van der Waals surface area (Å²) >= 11 is 1.83. The summed E-state index contributed by atoms with van der Waals surface area (Å²) in [6.45, 7) is 0. The van der Waals surface area contributed by atoms with Gasteiger partial charge < -0.3 is 0 Å². The third-order valence-corrected chi connectivity index (χ3v) is 1.83. The Morgan fingerprint density at radius 3 is 1.92 bits per heavy atom. The van der Waals surface area contributed by atoms with Gasteiger partial charge in [-0.3, -0.25) is 0 Å². The Balaban J connectivity index is 0.000000120. The van der Waals surface area contributed by atoms with Crippen molar-refractivity contribution < 1.29 is 0 Å². The molecule has 1 aromatic heterocycles. The first-order chi connectivity index (χ1) is 6.00. The lowest BCUT2D eigenvalue weighted by Crippen LogP contribution is -1.69. The predicted molar refractivity (Wildman–Crippen MR) is 52.8 cm³/mol. The molecule has 3 heteroatoms. The van der Waals surface area contributed by atoms with Crippen LogP contribution in [-0.4, -0.2) is 16.0 Å². The van der Waals surface area contributed by atoms with Gasteiger partial charge in [0.25, 0.3) is 0 Å². The molecule has 0 spiro atoms. The average Bonchev–Trinajstić information content (AvgIpc) is 2.24. The fourth-order valence-electron chi connectivity index (χ4n) is 0.599. The molecule has 12 heavy (non-hydrogen) atoms. The molecule has 1 aliphatic rings. The molecule has 0 aliphatic carbocycles. The van der Waals surface area contributed by atoms with Crippen molar-refractivity contribution in [1.82, 2.24) is 10.2 Å². The highest BCUT2D eigenvalue weighted by molar-refractivity contribution is 8.02. The van der Waals surface area contributed by atoms with Crippen LogP contribution < -0.4 is 0 Å². The quantitative estimate of drug-likeness (QED) is 0.609. The van der Waals surface area contributed by atoms with Crippen molar-refractivity contribution in [3.8, 4) is 0 Å². The van der Waals surface area contributed by atoms with E-state index in [9.17, 15) is 0 Å². The molecule has 0 radical (unpaired) electrons. The maximum atomic E-state index is 3.53. The van der Waals surface area contributed by atoms with Crippen LogP contribution in [0, 0.1) is 0 Å². The Labute approximate surface area is 76.4 Å². The number of aromatic nitrogens is 2. The summed E-state index contributed by atoms with van der Waals surface area (Å²) in [4.78, 5) is 0. The Kier molecular flexibility index (Phi) is 4.96. The zero-order valence-electron chi connectivity index (χ0n) is 6.63. The summed E-state index contributed by atoms with van der Waals surface area (Å²) in [6.07, 6.45) is 9.54. The molecule has 0 fully saturated rings. The predicted octanol–water partition coefficient (Wildman–Crippen LogP) is 2.28. The average molecular weight is 178 g/mol. The molecular formula is C9H10N2S. The van der Waals surface area contributed by atoms with Gasteiger partial charge in [0.05, 0.1) is 0 Å². The molecule has 62 valence electrons. The Hall–Kier alpha value is -1.09. The SMILES string of the molecule is C1=CCSC=C1.c1ccnnc1. The number of thioether (sulfide) groups is 1. The Bertz CT molecular complexity index is 205. The van der Waals surface area contributed by atoms with Crippen molar-refractivity contribution in [2.45, 2.75) is 0 Å². The van der Waals surface area contributed by atoms with Crippen LogP contribution >= 0.6 is 11.8 Å². The lowest BCUT2D eigenvalue weighted by molar-refractivity contribution is 1.03. The fraction of sp³-hybridized carbons (Fsp3) is 0.111. The molecule has 1 aliphatic heterocycles. The van der Waals surface area contributed by atoms with Crippen LogP contribution in [0.15, 0.2) is 48.2 Å². The van der Waals surface area contributed by atoms with E-state index in [4.69, 9.17) is 0 Å². The number of nitrogens with zero attached hydrogens (tertiary/aromatic N) is 2. The van der Waals surface area contributed by atoms with Crippen molar-refractivity contribution in [3.05, 3.63) is 48.2 Å². The van der Waals surface area contributed by atoms with Crippen molar-refractivity contribution >= 4 is 11.8 Å². The maximum Gasteiger partial charge on any atom is 0.0496 e. The molecule has 0 amide bonds. The van der Waals surface area contributed by atoms with E-state index in [0.717, 1.165) is 5.75 Å². The second-order valence-electron chi connectivity index (χ2n) is 2.00. The van der Waals surface area contributed by atoms with Gasteiger partial charge in [-0.1, -0.05) is 18.2 Å². The molecule has 0 saturated heterocycles. The van der Waals surface area contributed by atoms with Crippen LogP contribution in [0.25, 0.3) is 0 Å². The molecule has 1 aromatic rings. The van der Waals surface area contributed by atoms with Gasteiger partial charge in [0.1, 0.15) is 0 Å². The number of rotatable bonds is 0. The van der Waals surface area contributed by atoms with Crippen LogP contribution in [-0.2, 0) is 0 Å². The summed E-state index contributed by atoms with van der Waals surface area (Å²) in [6, 6.07) is 3.65. The topological polar surface area (TPSA) is 25.8 Å². The van der Waals surface area contributed by atoms with Crippen LogP contribution in [0.1, 0.15) is 0 Å². The minimum atomic E-state index is 1.15. The molecule has 2 heterocycles. The molecule has 0 aromatic carbocycles. The number of allylic oxidation sites excluding steroid dienone is 2. The molecular weight excluding hydrogens is 168 g/mol. The molecule has 0 bridgehead atoms. The normalized spacial score (nSPS) is 13.3. The third kappa shape index (κ3) is 4.68. The van der Waals surface area contributed by atoms with Crippen molar-refractivity contribution in [2.75, 3.05) is 5.75 Å². The summed E-state index contributed by atoms with van der Waals surface area (Å²) in [5, 5.41) is 9.17. The zero-order chi connectivity index (χ0) is 8.49. The highest BCUT2D eigenvalue weighted by Gasteiger charge is 1.77. The molecule has 2 rings (SSSR count). The largest absolute Gasteiger partial charge is 0.159 e. The highest BCUT2D eigenvalue weighted by atomic mass is 32.2. The molecule has 2 nitrogen and oxygen atoms in total. The minimum absolute atomic E-state index is 1.15. The number of hydrogen-bond donors (Lipinski definition) is 0. The second kappa shape index (κ2) is 6.61. The first-order valence-electron chi connectivity index (χ1n) is 3.65. The van der Waals surface area contributed by atoms with Crippen LogP contribution in [0.5, 0.6) is 0 Å². The lowest BCUT2D eigenvalue weighted by atomic mass is 10.5. The Morgan fingerprint density at radius 1 is 1.00 bits per heavy atom. The van der Waals surface area contributed by atoms with E-state index >= 15 is 0 Å². The lowest BCUT2D eigenvalue weighted by Gasteiger charge is -1.88. The van der Waals surface area contributed by atoms with Crippen LogP contribution in [0.2, 0.25) is 0 Å². The third-order valence-electron chi connectivity index (χ3n) is 1.10. The molecule has 0 N–H and O–H groups in total. The van der Waals surface area contributed by atoms with Crippen molar-refractivity contribution in [2.24, 2.45) is 0 Å². The first kappa shape index (κ1) is 9.00. The second-order valence-corrected chi connectivity index (χ2v) is 2.94. The maximum absolute atomic E-state index is 3.53. The fourth-order valence-corrected chi connectivity index (χ4v) is 1.13. The van der Waals surface area contributed by atoms with Crippen LogP contribution in [0.4, 0.5) is 0 Å². The van der Waals surface area contributed by atoms with Crippen molar-refractivity contribution in [3.63, 3.8) is 0 Å². The van der Waals surface area contributed by atoms with E-state index in [1.54, 1.807) is 12.4 Å². The van der Waals surface area contributed by atoms with Crippen molar-refractivity contribution in [1.29, 1.82) is 0 Å². The van der Waals surface area contributed by atoms with Gasteiger partial charge in [0.2, 0.25) is 0 Å². The highest BCUT2D eigenvalue weighted by Crippen LogP contribution is 2.05. The van der Waals surface area contributed by atoms with Gasteiger partial charge in [-0.25, -0.2) is 0 Å². The van der Waals surface area contributed by atoms with E-state index in [-0.39, 0.29) is 0 Å². The zero-order valence-corrected chi connectivity index (χ0v) is 7.45. The van der Waals surface area contributed by atoms with Crippen LogP contribution in [0.3, 0.4) is 0 Å². The van der Waals surface area contributed by atoms with Gasteiger partial charge in [-0.2, -0.15) is 10.2 Å². The van der Waals surface area contributed by atoms with Gasteiger partial charge >= 0.3 is 0 Å². The standard InChI is InChI=1S/C5H6S.C4H4N2/c2*1-2-4-6-5-3-1/h1-4H,5H2;1-4H. The van der Waals surface area contributed by atoms with E-state index in [0.29, 0.717) is 0 Å². The number of hydrogen-bond acceptors (Lipinski definition) is 3. The van der Waals surface area contributed by atoms with E-state index in [2.05, 4.69) is 27.8 Å².